The molecular weight excluding hydrogens is 346 g/mol. The second-order valence-electron chi connectivity index (χ2n) is 5.92. The minimum absolute atomic E-state index is 0.161. The van der Waals surface area contributed by atoms with E-state index in [4.69, 9.17) is 0 Å². The van der Waals surface area contributed by atoms with Gasteiger partial charge in [-0.3, -0.25) is 4.79 Å². The number of aliphatic hydroxyl groups is 1. The van der Waals surface area contributed by atoms with Crippen LogP contribution in [-0.2, 0) is 0 Å². The third-order valence-electron chi connectivity index (χ3n) is 4.15. The van der Waals surface area contributed by atoms with Gasteiger partial charge < -0.3 is 10.4 Å². The second kappa shape index (κ2) is 7.11. The zero-order valence-electron chi connectivity index (χ0n) is 13.9. The molecular formula is C20H17N3O2S. The highest BCUT2D eigenvalue weighted by Gasteiger charge is 2.13. The van der Waals surface area contributed by atoms with Crippen LogP contribution in [0, 0.1) is 0 Å². The lowest BCUT2D eigenvalue weighted by Gasteiger charge is -2.12. The van der Waals surface area contributed by atoms with Crippen LogP contribution in [-0.4, -0.2) is 27.3 Å². The Kier molecular flexibility index (Phi) is 4.51. The minimum atomic E-state index is -0.764. The molecule has 2 heterocycles. The molecule has 4 rings (SSSR count). The van der Waals surface area contributed by atoms with Gasteiger partial charge in [-0.25, -0.2) is 4.68 Å². The molecule has 0 bridgehead atoms. The van der Waals surface area contributed by atoms with Crippen molar-refractivity contribution in [3.63, 3.8) is 0 Å². The monoisotopic (exact) mass is 363 g/mol. The summed E-state index contributed by atoms with van der Waals surface area (Å²) in [4.78, 5) is 13.0. The van der Waals surface area contributed by atoms with Gasteiger partial charge in [0.05, 0.1) is 16.7 Å². The van der Waals surface area contributed by atoms with Gasteiger partial charge in [-0.15, -0.1) is 11.3 Å². The first kappa shape index (κ1) is 16.5. The molecule has 1 atom stereocenters. The largest absolute Gasteiger partial charge is 0.387 e. The second-order valence-corrected chi connectivity index (χ2v) is 7.00. The number of amides is 1. The van der Waals surface area contributed by atoms with Gasteiger partial charge in [0.25, 0.3) is 5.91 Å². The Morgan fingerprint density at radius 3 is 2.69 bits per heavy atom. The smallest absolute Gasteiger partial charge is 0.261 e. The number of nitrogens with one attached hydrogen (secondary N) is 1. The van der Waals surface area contributed by atoms with E-state index in [1.54, 1.807) is 10.9 Å². The Morgan fingerprint density at radius 2 is 1.96 bits per heavy atom. The highest BCUT2D eigenvalue weighted by molar-refractivity contribution is 7.20. The van der Waals surface area contributed by atoms with Crippen molar-refractivity contribution in [3.05, 3.63) is 83.5 Å². The molecule has 0 spiro atoms. The van der Waals surface area contributed by atoms with Crippen LogP contribution in [0.4, 0.5) is 0 Å². The van der Waals surface area contributed by atoms with Crippen molar-refractivity contribution in [1.82, 2.24) is 15.1 Å². The first-order chi connectivity index (χ1) is 12.7. The molecule has 0 saturated heterocycles. The standard InChI is InChI=1S/C20H17N3O2S/c24-17(14-6-8-16(9-7-14)23-11-3-10-22-23)13-21-20(25)19-12-15-4-1-2-5-18(15)26-19/h1-12,17,24H,13H2,(H,21,25). The van der Waals surface area contributed by atoms with Crippen molar-refractivity contribution in [2.75, 3.05) is 6.54 Å². The Balaban J connectivity index is 1.40. The van der Waals surface area contributed by atoms with Crippen LogP contribution >= 0.6 is 11.3 Å². The fourth-order valence-corrected chi connectivity index (χ4v) is 3.74. The summed E-state index contributed by atoms with van der Waals surface area (Å²) in [6.45, 7) is 0.161. The maximum atomic E-state index is 12.3. The number of benzene rings is 2. The molecule has 130 valence electrons. The molecule has 5 nitrogen and oxygen atoms in total. The van der Waals surface area contributed by atoms with Crippen molar-refractivity contribution >= 4 is 27.3 Å². The summed E-state index contributed by atoms with van der Waals surface area (Å²) in [7, 11) is 0. The number of thiophene rings is 1. The number of carbonyl (C=O) groups excluding carboxylic acids is 1. The summed E-state index contributed by atoms with van der Waals surface area (Å²) in [5.74, 6) is -0.168. The summed E-state index contributed by atoms with van der Waals surface area (Å²) in [5.41, 5.74) is 1.66. The fourth-order valence-electron chi connectivity index (χ4n) is 2.76. The average Bonchev–Trinajstić information content (AvgIpc) is 3.35. The van der Waals surface area contributed by atoms with E-state index in [0.29, 0.717) is 4.88 Å². The summed E-state index contributed by atoms with van der Waals surface area (Å²) < 4.78 is 2.83. The quantitative estimate of drug-likeness (QED) is 0.570. The summed E-state index contributed by atoms with van der Waals surface area (Å²) in [6.07, 6.45) is 2.81. The van der Waals surface area contributed by atoms with E-state index in [0.717, 1.165) is 21.3 Å². The zero-order chi connectivity index (χ0) is 17.9. The molecule has 0 saturated carbocycles. The van der Waals surface area contributed by atoms with Gasteiger partial charge in [-0.1, -0.05) is 30.3 Å². The lowest BCUT2D eigenvalue weighted by molar-refractivity contribution is 0.0920. The molecule has 1 unspecified atom stereocenters. The molecule has 2 aromatic carbocycles. The number of aliphatic hydroxyl groups excluding tert-OH is 1. The van der Waals surface area contributed by atoms with Crippen LogP contribution in [0.25, 0.3) is 15.8 Å². The molecule has 0 aliphatic heterocycles. The Bertz CT molecular complexity index is 990. The Labute approximate surface area is 154 Å². The lowest BCUT2D eigenvalue weighted by atomic mass is 10.1. The maximum absolute atomic E-state index is 12.3. The Morgan fingerprint density at radius 1 is 1.15 bits per heavy atom. The van der Waals surface area contributed by atoms with E-state index in [2.05, 4.69) is 10.4 Å². The van der Waals surface area contributed by atoms with E-state index < -0.39 is 6.10 Å². The predicted octanol–water partition coefficient (Wildman–Crippen LogP) is 3.55. The first-order valence-corrected chi connectivity index (χ1v) is 9.07. The number of nitrogens with zero attached hydrogens (tertiary/aromatic N) is 2. The van der Waals surface area contributed by atoms with Gasteiger partial charge in [0, 0.05) is 23.6 Å². The van der Waals surface area contributed by atoms with E-state index in [-0.39, 0.29) is 12.5 Å². The van der Waals surface area contributed by atoms with Crippen LogP contribution in [0.1, 0.15) is 21.3 Å². The average molecular weight is 363 g/mol. The molecule has 0 aliphatic rings. The molecule has 0 fully saturated rings. The van der Waals surface area contributed by atoms with E-state index >= 15 is 0 Å². The molecule has 0 aliphatic carbocycles. The fraction of sp³-hybridized carbons (Fsp3) is 0.100. The van der Waals surface area contributed by atoms with Gasteiger partial charge in [-0.05, 0) is 41.3 Å². The third kappa shape index (κ3) is 3.37. The molecule has 2 N–H and O–H groups in total. The molecule has 4 aromatic rings. The van der Waals surface area contributed by atoms with Crippen molar-refractivity contribution in [2.24, 2.45) is 0 Å². The summed E-state index contributed by atoms with van der Waals surface area (Å²) in [5, 5.41) is 18.4. The lowest BCUT2D eigenvalue weighted by Crippen LogP contribution is -2.27. The molecule has 0 radical (unpaired) electrons. The van der Waals surface area contributed by atoms with Crippen LogP contribution in [0.2, 0.25) is 0 Å². The Hall–Kier alpha value is -2.96. The van der Waals surface area contributed by atoms with Crippen molar-refractivity contribution < 1.29 is 9.90 Å². The molecule has 1 amide bonds. The number of carbonyl (C=O) groups is 1. The normalized spacial score (nSPS) is 12.2. The number of rotatable bonds is 5. The summed E-state index contributed by atoms with van der Waals surface area (Å²) >= 11 is 1.45. The highest BCUT2D eigenvalue weighted by atomic mass is 32.1. The van der Waals surface area contributed by atoms with Crippen LogP contribution < -0.4 is 5.32 Å². The van der Waals surface area contributed by atoms with E-state index in [9.17, 15) is 9.90 Å². The molecule has 2 aromatic heterocycles. The molecule has 26 heavy (non-hydrogen) atoms. The van der Waals surface area contributed by atoms with Crippen LogP contribution in [0.3, 0.4) is 0 Å². The van der Waals surface area contributed by atoms with Crippen molar-refractivity contribution in [2.45, 2.75) is 6.10 Å². The predicted molar refractivity (Wildman–Crippen MR) is 103 cm³/mol. The van der Waals surface area contributed by atoms with E-state index in [1.165, 1.54) is 11.3 Å². The third-order valence-corrected chi connectivity index (χ3v) is 5.27. The number of fused-ring (bicyclic) bond motifs is 1. The van der Waals surface area contributed by atoms with Gasteiger partial charge in [-0.2, -0.15) is 5.10 Å². The van der Waals surface area contributed by atoms with Gasteiger partial charge in [0.2, 0.25) is 0 Å². The zero-order valence-corrected chi connectivity index (χ0v) is 14.7. The van der Waals surface area contributed by atoms with Crippen LogP contribution in [0.15, 0.2) is 73.1 Å². The van der Waals surface area contributed by atoms with Gasteiger partial charge in [0.15, 0.2) is 0 Å². The maximum Gasteiger partial charge on any atom is 0.261 e. The SMILES string of the molecule is O=C(NCC(O)c1ccc(-n2cccn2)cc1)c1cc2ccccc2s1. The minimum Gasteiger partial charge on any atom is -0.387 e. The van der Waals surface area contributed by atoms with Crippen LogP contribution in [0.5, 0.6) is 0 Å². The summed E-state index contributed by atoms with van der Waals surface area (Å²) in [6, 6.07) is 19.1. The number of aromatic nitrogens is 2. The van der Waals surface area contributed by atoms with Gasteiger partial charge in [0.1, 0.15) is 0 Å². The van der Waals surface area contributed by atoms with Crippen molar-refractivity contribution in [1.29, 1.82) is 0 Å². The highest BCUT2D eigenvalue weighted by Crippen LogP contribution is 2.25. The number of hydrogen-bond acceptors (Lipinski definition) is 4. The molecule has 6 heteroatoms. The van der Waals surface area contributed by atoms with Gasteiger partial charge >= 0.3 is 0 Å². The first-order valence-electron chi connectivity index (χ1n) is 8.25. The topological polar surface area (TPSA) is 67.2 Å². The van der Waals surface area contributed by atoms with E-state index in [1.807, 2.05) is 66.9 Å². The number of hydrogen-bond donors (Lipinski definition) is 2. The van der Waals surface area contributed by atoms with Crippen molar-refractivity contribution in [3.8, 4) is 5.69 Å².